The number of nitrogens with two attached hydrogens (primary N) is 1. The zero-order valence-corrected chi connectivity index (χ0v) is 12.9. The predicted octanol–water partition coefficient (Wildman–Crippen LogP) is 3.82. The lowest BCUT2D eigenvalue weighted by Gasteiger charge is -2.12. The number of rotatable bonds is 4. The maximum absolute atomic E-state index is 8.53. The second-order valence-electron chi connectivity index (χ2n) is 4.73. The molecule has 0 bridgehead atoms. The molecule has 2 aromatic heterocycles. The molecule has 3 aromatic rings. The molecule has 2 heterocycles. The molecule has 3 rings (SSSR count). The van der Waals surface area contributed by atoms with Crippen molar-refractivity contribution in [3.05, 3.63) is 64.5 Å². The predicted molar refractivity (Wildman–Crippen MR) is 90.9 cm³/mol. The van der Waals surface area contributed by atoms with Gasteiger partial charge in [0, 0.05) is 11.8 Å². The molecule has 0 radical (unpaired) electrons. The third-order valence-corrected chi connectivity index (χ3v) is 4.12. The van der Waals surface area contributed by atoms with Crippen molar-refractivity contribution in [2.24, 2.45) is 0 Å². The van der Waals surface area contributed by atoms with Crippen LogP contribution in [-0.4, -0.2) is 17.8 Å². The van der Waals surface area contributed by atoms with Crippen LogP contribution in [0.15, 0.2) is 53.4 Å². The summed E-state index contributed by atoms with van der Waals surface area (Å²) in [7, 11) is 1.62. The van der Waals surface area contributed by atoms with E-state index in [1.807, 2.05) is 47.2 Å². The second-order valence-corrected chi connectivity index (χ2v) is 5.51. The number of nitrogens with zero attached hydrogens (tertiary/aromatic N) is 1. The lowest BCUT2D eigenvalue weighted by molar-refractivity contribution is 0.415. The topological polar surface area (TPSA) is 72.0 Å². The number of hydrogen-bond donors (Lipinski definition) is 2. The van der Waals surface area contributed by atoms with E-state index < -0.39 is 0 Å². The van der Waals surface area contributed by atoms with E-state index in [2.05, 4.69) is 4.98 Å². The van der Waals surface area contributed by atoms with Gasteiger partial charge in [-0.25, -0.2) is 4.98 Å². The molecule has 0 saturated heterocycles. The van der Waals surface area contributed by atoms with Gasteiger partial charge < -0.3 is 10.5 Å². The fraction of sp³-hybridized carbons (Fsp3) is 0.0588. The van der Waals surface area contributed by atoms with E-state index >= 15 is 0 Å². The largest absolute Gasteiger partial charge is 0.497 e. The van der Waals surface area contributed by atoms with E-state index in [9.17, 15) is 0 Å². The fourth-order valence-electron chi connectivity index (χ4n) is 2.30. The SMILES string of the molecule is COc1ccc(C(=N)c2c(-c3ccsc3)ccnc2N)cc1. The van der Waals surface area contributed by atoms with Gasteiger partial charge in [0.25, 0.3) is 0 Å². The van der Waals surface area contributed by atoms with Gasteiger partial charge in [0.15, 0.2) is 0 Å². The summed E-state index contributed by atoms with van der Waals surface area (Å²) in [6.45, 7) is 0. The first-order valence-electron chi connectivity index (χ1n) is 6.71. The number of aromatic nitrogens is 1. The van der Waals surface area contributed by atoms with Crippen LogP contribution in [0.25, 0.3) is 11.1 Å². The van der Waals surface area contributed by atoms with Gasteiger partial charge in [-0.1, -0.05) is 0 Å². The minimum Gasteiger partial charge on any atom is -0.497 e. The molecule has 1 aromatic carbocycles. The van der Waals surface area contributed by atoms with Crippen molar-refractivity contribution in [1.29, 1.82) is 5.41 Å². The molecule has 22 heavy (non-hydrogen) atoms. The molecule has 4 nitrogen and oxygen atoms in total. The van der Waals surface area contributed by atoms with Crippen LogP contribution in [0.2, 0.25) is 0 Å². The van der Waals surface area contributed by atoms with E-state index in [1.54, 1.807) is 24.6 Å². The molecule has 0 fully saturated rings. The highest BCUT2D eigenvalue weighted by Crippen LogP contribution is 2.30. The number of nitrogens with one attached hydrogen (secondary N) is 1. The Hall–Kier alpha value is -2.66. The molecule has 0 unspecified atom stereocenters. The van der Waals surface area contributed by atoms with Gasteiger partial charge >= 0.3 is 0 Å². The average Bonchev–Trinajstić information content (AvgIpc) is 3.08. The summed E-state index contributed by atoms with van der Waals surface area (Å²) in [6.07, 6.45) is 1.67. The first kappa shape index (κ1) is 14.3. The number of methoxy groups -OCH3 is 1. The highest BCUT2D eigenvalue weighted by Gasteiger charge is 2.16. The Balaban J connectivity index is 2.08. The minimum absolute atomic E-state index is 0.356. The molecule has 5 heteroatoms. The van der Waals surface area contributed by atoms with Crippen molar-refractivity contribution in [2.45, 2.75) is 0 Å². The maximum atomic E-state index is 8.53. The molecule has 0 aliphatic heterocycles. The summed E-state index contributed by atoms with van der Waals surface area (Å²) in [6, 6.07) is 11.3. The van der Waals surface area contributed by atoms with Crippen LogP contribution in [0.1, 0.15) is 11.1 Å². The van der Waals surface area contributed by atoms with Gasteiger partial charge in [-0.05, 0) is 58.3 Å². The molecule has 0 aliphatic carbocycles. The van der Waals surface area contributed by atoms with E-state index in [4.69, 9.17) is 15.9 Å². The van der Waals surface area contributed by atoms with Crippen molar-refractivity contribution in [3.8, 4) is 16.9 Å². The Morgan fingerprint density at radius 1 is 1.18 bits per heavy atom. The number of pyridine rings is 1. The van der Waals surface area contributed by atoms with Crippen molar-refractivity contribution >= 4 is 22.9 Å². The molecule has 3 N–H and O–H groups in total. The van der Waals surface area contributed by atoms with Crippen LogP contribution in [0.3, 0.4) is 0 Å². The number of thiophene rings is 1. The summed E-state index contributed by atoms with van der Waals surface area (Å²) in [5, 5.41) is 12.6. The summed E-state index contributed by atoms with van der Waals surface area (Å²) in [5.74, 6) is 1.12. The summed E-state index contributed by atoms with van der Waals surface area (Å²) in [5.41, 5.74) is 9.81. The van der Waals surface area contributed by atoms with Crippen molar-refractivity contribution < 1.29 is 4.74 Å². The summed E-state index contributed by atoms with van der Waals surface area (Å²) in [4.78, 5) is 4.15. The molecular weight excluding hydrogens is 294 g/mol. The molecule has 0 saturated carbocycles. The Morgan fingerprint density at radius 3 is 2.59 bits per heavy atom. The van der Waals surface area contributed by atoms with E-state index in [0.29, 0.717) is 17.1 Å². The van der Waals surface area contributed by atoms with Crippen LogP contribution in [0.5, 0.6) is 5.75 Å². The number of nitrogen functional groups attached to an aromatic ring is 1. The average molecular weight is 309 g/mol. The fourth-order valence-corrected chi connectivity index (χ4v) is 2.96. The molecule has 0 aliphatic rings. The van der Waals surface area contributed by atoms with Gasteiger partial charge in [0.1, 0.15) is 11.6 Å². The minimum atomic E-state index is 0.356. The van der Waals surface area contributed by atoms with Crippen molar-refractivity contribution in [2.75, 3.05) is 12.8 Å². The standard InChI is InChI=1S/C17H15N3OS/c1-21-13-4-2-11(3-5-13)16(18)15-14(6-8-20-17(15)19)12-7-9-22-10-12/h2-10,18H,1H3,(H2,19,20). The molecule has 0 spiro atoms. The number of ether oxygens (including phenoxy) is 1. The highest BCUT2D eigenvalue weighted by atomic mass is 32.1. The molecule has 0 atom stereocenters. The number of benzene rings is 1. The zero-order valence-electron chi connectivity index (χ0n) is 12.0. The Bertz CT molecular complexity index is 795. The normalized spacial score (nSPS) is 10.4. The second kappa shape index (κ2) is 5.99. The third-order valence-electron chi connectivity index (χ3n) is 3.44. The van der Waals surface area contributed by atoms with E-state index in [-0.39, 0.29) is 0 Å². The lowest BCUT2D eigenvalue weighted by Crippen LogP contribution is -2.09. The summed E-state index contributed by atoms with van der Waals surface area (Å²) >= 11 is 1.61. The van der Waals surface area contributed by atoms with Crippen LogP contribution >= 0.6 is 11.3 Å². The monoisotopic (exact) mass is 309 g/mol. The lowest BCUT2D eigenvalue weighted by atomic mass is 9.95. The zero-order chi connectivity index (χ0) is 15.5. The van der Waals surface area contributed by atoms with Gasteiger partial charge in [0.2, 0.25) is 0 Å². The van der Waals surface area contributed by atoms with Crippen molar-refractivity contribution in [1.82, 2.24) is 4.98 Å². The number of hydrogen-bond acceptors (Lipinski definition) is 5. The van der Waals surface area contributed by atoms with E-state index in [0.717, 1.165) is 22.4 Å². The van der Waals surface area contributed by atoms with Crippen LogP contribution in [-0.2, 0) is 0 Å². The van der Waals surface area contributed by atoms with Gasteiger partial charge in [-0.2, -0.15) is 11.3 Å². The Labute approximate surface area is 132 Å². The first-order chi connectivity index (χ1) is 10.7. The smallest absolute Gasteiger partial charge is 0.133 e. The Kier molecular flexibility index (Phi) is 3.89. The maximum Gasteiger partial charge on any atom is 0.133 e. The number of anilines is 1. The first-order valence-corrected chi connectivity index (χ1v) is 7.65. The van der Waals surface area contributed by atoms with Crippen LogP contribution < -0.4 is 10.5 Å². The van der Waals surface area contributed by atoms with E-state index in [1.165, 1.54) is 0 Å². The van der Waals surface area contributed by atoms with Crippen LogP contribution in [0, 0.1) is 5.41 Å². The van der Waals surface area contributed by atoms with Crippen molar-refractivity contribution in [3.63, 3.8) is 0 Å². The quantitative estimate of drug-likeness (QED) is 0.720. The Morgan fingerprint density at radius 2 is 1.95 bits per heavy atom. The summed E-state index contributed by atoms with van der Waals surface area (Å²) < 4.78 is 5.15. The van der Waals surface area contributed by atoms with Crippen LogP contribution in [0.4, 0.5) is 5.82 Å². The molecule has 110 valence electrons. The van der Waals surface area contributed by atoms with Gasteiger partial charge in [-0.3, -0.25) is 5.41 Å². The van der Waals surface area contributed by atoms with Gasteiger partial charge in [-0.15, -0.1) is 0 Å². The highest BCUT2D eigenvalue weighted by molar-refractivity contribution is 7.08. The molecule has 0 amide bonds. The molecular formula is C17H15N3OS. The third kappa shape index (κ3) is 2.58. The van der Waals surface area contributed by atoms with Gasteiger partial charge in [0.05, 0.1) is 18.4 Å².